The highest BCUT2D eigenvalue weighted by atomic mass is 14.8. The van der Waals surface area contributed by atoms with Crippen LogP contribution >= 0.6 is 0 Å². The van der Waals surface area contributed by atoms with Crippen molar-refractivity contribution >= 4 is 6.21 Å². The first-order valence-corrected chi connectivity index (χ1v) is 8.71. The fourth-order valence-corrected chi connectivity index (χ4v) is 4.80. The Kier molecular flexibility index (Phi) is 3.67. The SMILES string of the molecule is C(=N[C@H]1[C@@H]2CCC[C@@H]1C1=C(CCCC1)C2)c1ccccc1. The number of aliphatic imine (C=N–C) groups is 1. The monoisotopic (exact) mass is 279 g/mol. The second kappa shape index (κ2) is 5.79. The van der Waals surface area contributed by atoms with Gasteiger partial charge in [0.05, 0.1) is 6.04 Å². The summed E-state index contributed by atoms with van der Waals surface area (Å²) in [5.41, 5.74) is 4.91. The smallest absolute Gasteiger partial charge is 0.0596 e. The summed E-state index contributed by atoms with van der Waals surface area (Å²) in [6, 6.07) is 11.2. The highest BCUT2D eigenvalue weighted by Gasteiger charge is 2.40. The van der Waals surface area contributed by atoms with Crippen molar-refractivity contribution in [2.45, 2.75) is 57.4 Å². The first-order valence-electron chi connectivity index (χ1n) is 8.71. The van der Waals surface area contributed by atoms with Crippen LogP contribution in [0.4, 0.5) is 0 Å². The van der Waals surface area contributed by atoms with E-state index in [4.69, 9.17) is 4.99 Å². The summed E-state index contributed by atoms with van der Waals surface area (Å²) in [7, 11) is 0. The van der Waals surface area contributed by atoms with Gasteiger partial charge in [-0.2, -0.15) is 0 Å². The van der Waals surface area contributed by atoms with E-state index in [0.29, 0.717) is 6.04 Å². The molecule has 1 heteroatoms. The van der Waals surface area contributed by atoms with Crippen molar-refractivity contribution in [3.05, 3.63) is 47.0 Å². The first-order chi connectivity index (χ1) is 10.4. The van der Waals surface area contributed by atoms with Crippen LogP contribution in [0.3, 0.4) is 0 Å². The highest BCUT2D eigenvalue weighted by Crippen LogP contribution is 2.49. The summed E-state index contributed by atoms with van der Waals surface area (Å²) in [5, 5.41) is 0. The average Bonchev–Trinajstić information content (AvgIpc) is 2.54. The van der Waals surface area contributed by atoms with Crippen LogP contribution in [-0.4, -0.2) is 12.3 Å². The summed E-state index contributed by atoms with van der Waals surface area (Å²) >= 11 is 0. The fraction of sp³-hybridized carbons (Fsp3) is 0.550. The van der Waals surface area contributed by atoms with Crippen molar-refractivity contribution in [3.63, 3.8) is 0 Å². The number of fused-ring (bicyclic) bond motifs is 3. The van der Waals surface area contributed by atoms with Crippen molar-refractivity contribution in [2.75, 3.05) is 0 Å². The van der Waals surface area contributed by atoms with Crippen molar-refractivity contribution < 1.29 is 0 Å². The first kappa shape index (κ1) is 13.3. The second-order valence-corrected chi connectivity index (χ2v) is 7.02. The van der Waals surface area contributed by atoms with Crippen molar-refractivity contribution in [1.29, 1.82) is 0 Å². The van der Waals surface area contributed by atoms with E-state index in [9.17, 15) is 0 Å². The normalized spacial score (nSPS) is 32.3. The molecule has 1 nitrogen and oxygen atoms in total. The van der Waals surface area contributed by atoms with Gasteiger partial charge in [0.1, 0.15) is 0 Å². The molecule has 0 aromatic heterocycles. The Labute approximate surface area is 128 Å². The molecule has 110 valence electrons. The molecule has 21 heavy (non-hydrogen) atoms. The van der Waals surface area contributed by atoms with E-state index in [1.54, 1.807) is 0 Å². The van der Waals surface area contributed by atoms with E-state index < -0.39 is 0 Å². The predicted molar refractivity (Wildman–Crippen MR) is 88.8 cm³/mol. The highest BCUT2D eigenvalue weighted by molar-refractivity contribution is 5.79. The van der Waals surface area contributed by atoms with Crippen molar-refractivity contribution in [2.24, 2.45) is 16.8 Å². The Morgan fingerprint density at radius 1 is 0.952 bits per heavy atom. The zero-order valence-electron chi connectivity index (χ0n) is 12.8. The lowest BCUT2D eigenvalue weighted by Gasteiger charge is -2.44. The molecule has 3 atom stereocenters. The van der Waals surface area contributed by atoms with Gasteiger partial charge < -0.3 is 0 Å². The molecule has 1 aromatic carbocycles. The molecule has 0 saturated heterocycles. The summed E-state index contributed by atoms with van der Waals surface area (Å²) < 4.78 is 0. The third-order valence-electron chi connectivity index (χ3n) is 5.77. The maximum atomic E-state index is 5.07. The molecule has 4 rings (SSSR count). The number of benzene rings is 1. The Morgan fingerprint density at radius 3 is 2.71 bits per heavy atom. The standard InChI is InChI=1S/C20H25N/c1-2-7-15(8-3-1)14-21-20-17-10-6-12-19(20)18-11-5-4-9-16(18)13-17/h1-3,7-8,14,17,19-20H,4-6,9-13H2/t17-,19-,20+/m1/s1. The van der Waals surface area contributed by atoms with Crippen LogP contribution in [0.2, 0.25) is 0 Å². The van der Waals surface area contributed by atoms with Crippen molar-refractivity contribution in [1.82, 2.24) is 0 Å². The number of allylic oxidation sites excluding steroid dienone is 1. The topological polar surface area (TPSA) is 12.4 Å². The van der Waals surface area contributed by atoms with Gasteiger partial charge in [0.2, 0.25) is 0 Å². The maximum Gasteiger partial charge on any atom is 0.0596 e. The zero-order chi connectivity index (χ0) is 14.1. The third-order valence-corrected chi connectivity index (χ3v) is 5.77. The lowest BCUT2D eigenvalue weighted by Crippen LogP contribution is -2.38. The van der Waals surface area contributed by atoms with Crippen LogP contribution in [-0.2, 0) is 0 Å². The van der Waals surface area contributed by atoms with Gasteiger partial charge in [0.15, 0.2) is 0 Å². The minimum Gasteiger partial charge on any atom is -0.288 e. The maximum absolute atomic E-state index is 5.07. The number of hydrogen-bond donors (Lipinski definition) is 0. The van der Waals surface area contributed by atoms with E-state index in [2.05, 4.69) is 36.5 Å². The predicted octanol–water partition coefficient (Wildman–Crippen LogP) is 5.16. The van der Waals surface area contributed by atoms with Crippen LogP contribution in [0.5, 0.6) is 0 Å². The van der Waals surface area contributed by atoms with Gasteiger partial charge in [-0.3, -0.25) is 4.99 Å². The molecule has 0 amide bonds. The van der Waals surface area contributed by atoms with Crippen LogP contribution < -0.4 is 0 Å². The Morgan fingerprint density at radius 2 is 1.81 bits per heavy atom. The molecule has 0 heterocycles. The van der Waals surface area contributed by atoms with Gasteiger partial charge in [-0.1, -0.05) is 47.9 Å². The quantitative estimate of drug-likeness (QED) is 0.523. The molecule has 1 saturated carbocycles. The molecule has 0 unspecified atom stereocenters. The molecule has 1 aromatic rings. The van der Waals surface area contributed by atoms with Crippen LogP contribution in [0.15, 0.2) is 46.5 Å². The summed E-state index contributed by atoms with van der Waals surface area (Å²) in [5.74, 6) is 1.59. The molecule has 0 aliphatic heterocycles. The van der Waals surface area contributed by atoms with E-state index in [-0.39, 0.29) is 0 Å². The van der Waals surface area contributed by atoms with E-state index in [1.807, 2.05) is 11.1 Å². The minimum absolute atomic E-state index is 0.566. The fourth-order valence-electron chi connectivity index (χ4n) is 4.80. The lowest BCUT2D eigenvalue weighted by molar-refractivity contribution is 0.215. The minimum atomic E-state index is 0.566. The molecule has 3 aliphatic rings. The number of rotatable bonds is 2. The van der Waals surface area contributed by atoms with E-state index in [0.717, 1.165) is 11.8 Å². The largest absolute Gasteiger partial charge is 0.288 e. The molecule has 0 N–H and O–H groups in total. The van der Waals surface area contributed by atoms with Gasteiger partial charge >= 0.3 is 0 Å². The Balaban J connectivity index is 1.60. The van der Waals surface area contributed by atoms with E-state index >= 15 is 0 Å². The Bertz CT molecular complexity index is 554. The molecule has 0 spiro atoms. The lowest BCUT2D eigenvalue weighted by atomic mass is 9.63. The van der Waals surface area contributed by atoms with Gasteiger partial charge in [-0.15, -0.1) is 0 Å². The summed E-state index contributed by atoms with van der Waals surface area (Å²) in [6.07, 6.45) is 13.3. The van der Waals surface area contributed by atoms with Crippen LogP contribution in [0.1, 0.15) is 56.9 Å². The van der Waals surface area contributed by atoms with Gasteiger partial charge in [-0.25, -0.2) is 0 Å². The molecular weight excluding hydrogens is 254 g/mol. The molecule has 2 bridgehead atoms. The number of hydrogen-bond acceptors (Lipinski definition) is 1. The summed E-state index contributed by atoms with van der Waals surface area (Å²) in [6.45, 7) is 0. The van der Waals surface area contributed by atoms with Crippen LogP contribution in [0, 0.1) is 11.8 Å². The number of nitrogens with zero attached hydrogens (tertiary/aromatic N) is 1. The van der Waals surface area contributed by atoms with Crippen LogP contribution in [0.25, 0.3) is 0 Å². The molecule has 3 aliphatic carbocycles. The van der Waals surface area contributed by atoms with Gasteiger partial charge in [0, 0.05) is 12.1 Å². The van der Waals surface area contributed by atoms with Crippen molar-refractivity contribution in [3.8, 4) is 0 Å². The molecule has 0 radical (unpaired) electrons. The van der Waals surface area contributed by atoms with E-state index in [1.165, 1.54) is 56.9 Å². The third kappa shape index (κ3) is 2.59. The molecular formula is C20H25N. The average molecular weight is 279 g/mol. The molecule has 1 fully saturated rings. The summed E-state index contributed by atoms with van der Waals surface area (Å²) in [4.78, 5) is 5.07. The Hall–Kier alpha value is -1.37. The van der Waals surface area contributed by atoms with Gasteiger partial charge in [-0.05, 0) is 56.4 Å². The van der Waals surface area contributed by atoms with Gasteiger partial charge in [0.25, 0.3) is 0 Å². The second-order valence-electron chi connectivity index (χ2n) is 7.02. The zero-order valence-corrected chi connectivity index (χ0v) is 12.8.